The van der Waals surface area contributed by atoms with E-state index in [9.17, 15) is 4.79 Å². The van der Waals surface area contributed by atoms with E-state index in [-0.39, 0.29) is 5.97 Å². The fourth-order valence-electron chi connectivity index (χ4n) is 2.77. The average Bonchev–Trinajstić information content (AvgIpc) is 2.60. The van der Waals surface area contributed by atoms with Gasteiger partial charge in [-0.1, -0.05) is 19.9 Å². The van der Waals surface area contributed by atoms with Gasteiger partial charge in [0.25, 0.3) is 0 Å². The molecule has 0 saturated carbocycles. The second kappa shape index (κ2) is 9.60. The molecule has 1 atom stereocenters. The number of thiocarbonyl (C=S) groups is 1. The van der Waals surface area contributed by atoms with Crippen LogP contribution in [0.5, 0.6) is 11.5 Å². The smallest absolute Gasteiger partial charge is 0.338 e. The van der Waals surface area contributed by atoms with Gasteiger partial charge in [-0.25, -0.2) is 4.79 Å². The molecule has 0 aromatic heterocycles. The van der Waals surface area contributed by atoms with Gasteiger partial charge in [-0.3, -0.25) is 0 Å². The molecule has 6 nitrogen and oxygen atoms in total. The molecule has 2 N–H and O–H groups in total. The summed E-state index contributed by atoms with van der Waals surface area (Å²) in [6.45, 7) is 11.1. The fourth-order valence-corrected chi connectivity index (χ4v) is 3.04. The van der Waals surface area contributed by atoms with Gasteiger partial charge in [0.15, 0.2) is 16.6 Å². The average molecular weight is 393 g/mol. The summed E-state index contributed by atoms with van der Waals surface area (Å²) in [5, 5.41) is 6.61. The molecule has 0 bridgehead atoms. The molecule has 7 heteroatoms. The van der Waals surface area contributed by atoms with E-state index in [0.717, 1.165) is 5.56 Å². The molecule has 1 aromatic carbocycles. The van der Waals surface area contributed by atoms with Crippen LogP contribution in [-0.4, -0.2) is 30.9 Å². The minimum Gasteiger partial charge on any atom is -0.490 e. The first-order valence-corrected chi connectivity index (χ1v) is 9.63. The molecule has 0 radical (unpaired) electrons. The van der Waals surface area contributed by atoms with Crippen molar-refractivity contribution in [3.63, 3.8) is 0 Å². The summed E-state index contributed by atoms with van der Waals surface area (Å²) in [6.07, 6.45) is 0. The Bertz CT molecular complexity index is 731. The maximum absolute atomic E-state index is 12.5. The standard InChI is InChI=1S/C20H28N2O4S/c1-6-24-16-10-14(8-9-15(16)26-11-12(3)4)18-17(19(23)25-7-2)13(5)21-20(27)22-18/h8-10,12,18H,6-7,11H2,1-5H3,(H2,21,22,27)/t18-/m0/s1. The SMILES string of the molecule is CCOC(=O)C1=C(C)NC(=S)N[C@H]1c1ccc(OCC(C)C)c(OCC)c1. The van der Waals surface area contributed by atoms with Crippen LogP contribution < -0.4 is 20.1 Å². The number of carbonyl (C=O) groups is 1. The van der Waals surface area contributed by atoms with Crippen molar-refractivity contribution in [3.8, 4) is 11.5 Å². The molecule has 2 rings (SSSR count). The van der Waals surface area contributed by atoms with E-state index < -0.39 is 6.04 Å². The molecule has 1 aliphatic rings. The van der Waals surface area contributed by atoms with E-state index in [1.807, 2.05) is 32.0 Å². The predicted octanol–water partition coefficient (Wildman–Crippen LogP) is 3.48. The van der Waals surface area contributed by atoms with Crippen molar-refractivity contribution in [2.45, 2.75) is 40.7 Å². The Morgan fingerprint density at radius 1 is 1.19 bits per heavy atom. The molecule has 0 fully saturated rings. The Labute approximate surface area is 166 Å². The highest BCUT2D eigenvalue weighted by Gasteiger charge is 2.31. The second-order valence-corrected chi connectivity index (χ2v) is 7.04. The molecule has 148 valence electrons. The number of nitrogens with one attached hydrogen (secondary N) is 2. The van der Waals surface area contributed by atoms with Crippen molar-refractivity contribution < 1.29 is 19.0 Å². The minimum absolute atomic E-state index is 0.305. The summed E-state index contributed by atoms with van der Waals surface area (Å²) >= 11 is 5.28. The van der Waals surface area contributed by atoms with E-state index in [1.54, 1.807) is 6.92 Å². The first-order valence-electron chi connectivity index (χ1n) is 9.22. The van der Waals surface area contributed by atoms with E-state index in [2.05, 4.69) is 24.5 Å². The lowest BCUT2D eigenvalue weighted by molar-refractivity contribution is -0.139. The van der Waals surface area contributed by atoms with Crippen LogP contribution in [0.3, 0.4) is 0 Å². The van der Waals surface area contributed by atoms with Crippen molar-refractivity contribution >= 4 is 23.3 Å². The summed E-state index contributed by atoms with van der Waals surface area (Å²) in [5.74, 6) is 1.36. The summed E-state index contributed by atoms with van der Waals surface area (Å²) in [6, 6.07) is 5.25. The number of esters is 1. The van der Waals surface area contributed by atoms with Gasteiger partial charge in [-0.15, -0.1) is 0 Å². The van der Waals surface area contributed by atoms with E-state index in [1.165, 1.54) is 0 Å². The largest absolute Gasteiger partial charge is 0.490 e. The van der Waals surface area contributed by atoms with Crippen molar-refractivity contribution in [1.29, 1.82) is 0 Å². The zero-order chi connectivity index (χ0) is 20.0. The lowest BCUT2D eigenvalue weighted by Gasteiger charge is -2.30. The zero-order valence-electron chi connectivity index (χ0n) is 16.5. The van der Waals surface area contributed by atoms with Gasteiger partial charge in [-0.05, 0) is 56.6 Å². The molecule has 0 aliphatic carbocycles. The second-order valence-electron chi connectivity index (χ2n) is 6.63. The number of allylic oxidation sites excluding steroid dienone is 1. The molecular formula is C20H28N2O4S. The van der Waals surface area contributed by atoms with Gasteiger partial charge in [0.2, 0.25) is 0 Å². The Balaban J connectivity index is 2.41. The third-order valence-corrected chi connectivity index (χ3v) is 4.16. The Kier molecular flexibility index (Phi) is 7.47. The van der Waals surface area contributed by atoms with Gasteiger partial charge in [-0.2, -0.15) is 0 Å². The number of rotatable bonds is 8. The molecule has 0 spiro atoms. The number of carbonyl (C=O) groups excluding carboxylic acids is 1. The quantitative estimate of drug-likeness (QED) is 0.518. The highest BCUT2D eigenvalue weighted by Crippen LogP contribution is 2.35. The Hall–Kier alpha value is -2.28. The van der Waals surface area contributed by atoms with Crippen LogP contribution in [0.25, 0.3) is 0 Å². The third-order valence-electron chi connectivity index (χ3n) is 3.94. The van der Waals surface area contributed by atoms with Crippen molar-refractivity contribution in [2.24, 2.45) is 5.92 Å². The fraction of sp³-hybridized carbons (Fsp3) is 0.500. The van der Waals surface area contributed by atoms with Crippen LogP contribution in [0.1, 0.15) is 46.2 Å². The third kappa shape index (κ3) is 5.35. The summed E-state index contributed by atoms with van der Waals surface area (Å²) in [7, 11) is 0. The van der Waals surface area contributed by atoms with E-state index in [4.69, 9.17) is 26.4 Å². The summed E-state index contributed by atoms with van der Waals surface area (Å²) in [5.41, 5.74) is 2.03. The Morgan fingerprint density at radius 2 is 1.93 bits per heavy atom. The monoisotopic (exact) mass is 392 g/mol. The first-order chi connectivity index (χ1) is 12.9. The molecule has 0 saturated heterocycles. The summed E-state index contributed by atoms with van der Waals surface area (Å²) in [4.78, 5) is 12.5. The first kappa shape index (κ1) is 21.0. The maximum atomic E-state index is 12.5. The van der Waals surface area contributed by atoms with Crippen molar-refractivity contribution in [2.75, 3.05) is 19.8 Å². The van der Waals surface area contributed by atoms with Gasteiger partial charge in [0.1, 0.15) is 0 Å². The molecular weight excluding hydrogens is 364 g/mol. The highest BCUT2D eigenvalue weighted by atomic mass is 32.1. The lowest BCUT2D eigenvalue weighted by atomic mass is 9.95. The highest BCUT2D eigenvalue weighted by molar-refractivity contribution is 7.80. The van der Waals surface area contributed by atoms with E-state index in [0.29, 0.717) is 53.6 Å². The minimum atomic E-state index is -0.420. The van der Waals surface area contributed by atoms with Crippen LogP contribution in [0, 0.1) is 5.92 Å². The number of ether oxygens (including phenoxy) is 3. The van der Waals surface area contributed by atoms with Gasteiger partial charge < -0.3 is 24.8 Å². The molecule has 1 aliphatic heterocycles. The van der Waals surface area contributed by atoms with Crippen LogP contribution in [0.15, 0.2) is 29.5 Å². The van der Waals surface area contributed by atoms with E-state index >= 15 is 0 Å². The molecule has 1 heterocycles. The summed E-state index contributed by atoms with van der Waals surface area (Å²) < 4.78 is 16.9. The number of hydrogen-bond donors (Lipinski definition) is 2. The lowest BCUT2D eigenvalue weighted by Crippen LogP contribution is -2.45. The van der Waals surface area contributed by atoms with Crippen LogP contribution in [-0.2, 0) is 9.53 Å². The van der Waals surface area contributed by atoms with Crippen LogP contribution >= 0.6 is 12.2 Å². The predicted molar refractivity (Wildman–Crippen MR) is 109 cm³/mol. The van der Waals surface area contributed by atoms with Crippen LogP contribution in [0.4, 0.5) is 0 Å². The number of benzene rings is 1. The van der Waals surface area contributed by atoms with Gasteiger partial charge in [0, 0.05) is 5.70 Å². The van der Waals surface area contributed by atoms with Crippen LogP contribution in [0.2, 0.25) is 0 Å². The van der Waals surface area contributed by atoms with Crippen molar-refractivity contribution in [1.82, 2.24) is 10.6 Å². The molecule has 0 unspecified atom stereocenters. The Morgan fingerprint density at radius 3 is 2.56 bits per heavy atom. The molecule has 1 aromatic rings. The van der Waals surface area contributed by atoms with Gasteiger partial charge in [0.05, 0.1) is 31.4 Å². The van der Waals surface area contributed by atoms with Crippen molar-refractivity contribution in [3.05, 3.63) is 35.0 Å². The topological polar surface area (TPSA) is 68.8 Å². The molecule has 27 heavy (non-hydrogen) atoms. The maximum Gasteiger partial charge on any atom is 0.338 e. The number of hydrogen-bond acceptors (Lipinski definition) is 5. The normalized spacial score (nSPS) is 16.7. The zero-order valence-corrected chi connectivity index (χ0v) is 17.4. The molecule has 0 amide bonds. The van der Waals surface area contributed by atoms with Gasteiger partial charge >= 0.3 is 5.97 Å².